The lowest BCUT2D eigenvalue weighted by molar-refractivity contribution is -0.143. The zero-order valence-electron chi connectivity index (χ0n) is 20.1. The Bertz CT molecular complexity index is 793. The number of methoxy groups -OCH3 is 1. The van der Waals surface area contributed by atoms with E-state index >= 15 is 0 Å². The van der Waals surface area contributed by atoms with Crippen LogP contribution in [0.3, 0.4) is 0 Å². The molecule has 6 nitrogen and oxygen atoms in total. The predicted octanol–water partition coefficient (Wildman–Crippen LogP) is 4.46. The molecule has 1 unspecified atom stereocenters. The van der Waals surface area contributed by atoms with Gasteiger partial charge in [-0.25, -0.2) is 0 Å². The van der Waals surface area contributed by atoms with Gasteiger partial charge in [-0.15, -0.1) is 0 Å². The maximum absolute atomic E-state index is 13.0. The number of rotatable bonds is 9. The van der Waals surface area contributed by atoms with E-state index in [1.54, 1.807) is 6.07 Å². The number of hydrogen-bond donors (Lipinski definition) is 1. The molecular weight excluding hydrogens is 416 g/mol. The van der Waals surface area contributed by atoms with E-state index in [9.17, 15) is 14.7 Å². The van der Waals surface area contributed by atoms with Gasteiger partial charge in [-0.2, -0.15) is 0 Å². The molecule has 4 rings (SSSR count). The summed E-state index contributed by atoms with van der Waals surface area (Å²) < 4.78 is 4.74. The highest BCUT2D eigenvalue weighted by Gasteiger charge is 2.41. The minimum Gasteiger partial charge on any atom is -0.508 e. The third-order valence-electron chi connectivity index (χ3n) is 8.18. The van der Waals surface area contributed by atoms with E-state index in [4.69, 9.17) is 4.74 Å². The third kappa shape index (κ3) is 6.28. The van der Waals surface area contributed by atoms with Crippen LogP contribution in [0.5, 0.6) is 5.75 Å². The number of carbonyl (C=O) groups excluding carboxylic acids is 2. The lowest BCUT2D eigenvalue weighted by Gasteiger charge is -2.40. The monoisotopic (exact) mass is 456 g/mol. The maximum Gasteiger partial charge on any atom is 0.306 e. The molecule has 3 fully saturated rings. The quantitative estimate of drug-likeness (QED) is 0.556. The minimum atomic E-state index is -0.312. The molecule has 1 aromatic rings. The molecule has 33 heavy (non-hydrogen) atoms. The van der Waals surface area contributed by atoms with Crippen LogP contribution in [-0.4, -0.2) is 65.6 Å². The predicted molar refractivity (Wildman–Crippen MR) is 128 cm³/mol. The van der Waals surface area contributed by atoms with E-state index in [0.29, 0.717) is 29.7 Å². The number of aromatic hydroxyl groups is 1. The molecule has 3 aliphatic rings. The van der Waals surface area contributed by atoms with Gasteiger partial charge in [0.2, 0.25) is 5.91 Å². The second-order valence-corrected chi connectivity index (χ2v) is 10.3. The summed E-state index contributed by atoms with van der Waals surface area (Å²) in [4.78, 5) is 29.3. The molecule has 1 N–H and O–H groups in total. The molecule has 2 bridgehead atoms. The summed E-state index contributed by atoms with van der Waals surface area (Å²) in [5, 5.41) is 9.89. The van der Waals surface area contributed by atoms with Crippen molar-refractivity contribution in [3.05, 3.63) is 29.8 Å². The topological polar surface area (TPSA) is 70.1 Å². The SMILES string of the molecule is COC(=O)CCC(=O)N(CCN1[C@@H]2CC[C@H]1CC(c1cccc(O)c1)C2)CC1CCCCC1. The Kier molecular flexibility index (Phi) is 8.29. The zero-order chi connectivity index (χ0) is 23.2. The zero-order valence-corrected chi connectivity index (χ0v) is 20.1. The molecule has 0 aromatic heterocycles. The maximum atomic E-state index is 13.0. The summed E-state index contributed by atoms with van der Waals surface area (Å²) in [7, 11) is 1.38. The molecule has 2 heterocycles. The number of nitrogens with zero attached hydrogens (tertiary/aromatic N) is 2. The number of hydrogen-bond acceptors (Lipinski definition) is 5. The summed E-state index contributed by atoms with van der Waals surface area (Å²) in [5.74, 6) is 1.23. The minimum absolute atomic E-state index is 0.0907. The van der Waals surface area contributed by atoms with Crippen LogP contribution >= 0.6 is 0 Å². The van der Waals surface area contributed by atoms with Crippen molar-refractivity contribution >= 4 is 11.9 Å². The summed E-state index contributed by atoms with van der Waals surface area (Å²) >= 11 is 0. The number of fused-ring (bicyclic) bond motifs is 2. The fourth-order valence-corrected chi connectivity index (χ4v) is 6.39. The highest BCUT2D eigenvalue weighted by Crippen LogP contribution is 2.43. The Morgan fingerprint density at radius 2 is 1.79 bits per heavy atom. The highest BCUT2D eigenvalue weighted by molar-refractivity contribution is 5.81. The molecule has 1 amide bonds. The number of benzene rings is 1. The molecule has 6 heteroatoms. The van der Waals surface area contributed by atoms with Crippen LogP contribution in [0.2, 0.25) is 0 Å². The van der Waals surface area contributed by atoms with Crippen LogP contribution in [0.25, 0.3) is 0 Å². The summed E-state index contributed by atoms with van der Waals surface area (Å²) in [6, 6.07) is 8.86. The average Bonchev–Trinajstić information content (AvgIpc) is 3.06. The van der Waals surface area contributed by atoms with Gasteiger partial charge in [0.15, 0.2) is 0 Å². The van der Waals surface area contributed by atoms with Gasteiger partial charge in [-0.3, -0.25) is 14.5 Å². The van der Waals surface area contributed by atoms with Crippen LogP contribution < -0.4 is 0 Å². The largest absolute Gasteiger partial charge is 0.508 e. The molecule has 0 spiro atoms. The van der Waals surface area contributed by atoms with Gasteiger partial charge >= 0.3 is 5.97 Å². The molecule has 1 aliphatic carbocycles. The average molecular weight is 457 g/mol. The first-order valence-corrected chi connectivity index (χ1v) is 12.9. The first-order chi connectivity index (χ1) is 16.0. The van der Waals surface area contributed by atoms with Crippen molar-refractivity contribution in [3.8, 4) is 5.75 Å². The highest BCUT2D eigenvalue weighted by atomic mass is 16.5. The number of carbonyl (C=O) groups is 2. The van der Waals surface area contributed by atoms with E-state index in [0.717, 1.165) is 32.5 Å². The second-order valence-electron chi connectivity index (χ2n) is 10.3. The summed E-state index contributed by atoms with van der Waals surface area (Å²) in [5.41, 5.74) is 1.25. The fourth-order valence-electron chi connectivity index (χ4n) is 6.39. The fraction of sp³-hybridized carbons (Fsp3) is 0.704. The van der Waals surface area contributed by atoms with Gasteiger partial charge in [0.1, 0.15) is 5.75 Å². The molecule has 2 saturated heterocycles. The Morgan fingerprint density at radius 3 is 2.45 bits per heavy atom. The summed E-state index contributed by atoms with van der Waals surface area (Å²) in [6.07, 6.45) is 11.4. The Hall–Kier alpha value is -2.08. The lowest BCUT2D eigenvalue weighted by Crippen LogP contribution is -2.47. The standard InChI is InChI=1S/C27H40N2O4/c1-33-27(32)13-12-26(31)28(19-20-6-3-2-4-7-20)14-15-29-23-10-11-24(29)17-22(16-23)21-8-5-9-25(30)18-21/h5,8-9,18,20,22-24,30H,2-4,6-7,10-17,19H2,1H3/t22?,23-,24+. The third-order valence-corrected chi connectivity index (χ3v) is 8.18. The number of piperidine rings is 1. The van der Waals surface area contributed by atoms with Crippen LogP contribution in [0, 0.1) is 5.92 Å². The molecule has 1 aromatic carbocycles. The van der Waals surface area contributed by atoms with Crippen molar-refractivity contribution < 1.29 is 19.4 Å². The lowest BCUT2D eigenvalue weighted by atomic mass is 9.85. The first-order valence-electron chi connectivity index (χ1n) is 12.9. The van der Waals surface area contributed by atoms with E-state index in [1.807, 2.05) is 17.0 Å². The Labute approximate surface area is 198 Å². The molecule has 3 atom stereocenters. The van der Waals surface area contributed by atoms with Gasteiger partial charge in [-0.1, -0.05) is 31.4 Å². The number of amides is 1. The van der Waals surface area contributed by atoms with Crippen molar-refractivity contribution in [2.45, 2.75) is 88.6 Å². The molecule has 2 aliphatic heterocycles. The van der Waals surface area contributed by atoms with Crippen LogP contribution in [0.15, 0.2) is 24.3 Å². The molecule has 182 valence electrons. The summed E-state index contributed by atoms with van der Waals surface area (Å²) in [6.45, 7) is 2.49. The van der Waals surface area contributed by atoms with Gasteiger partial charge < -0.3 is 14.7 Å². The first kappa shape index (κ1) is 24.1. The van der Waals surface area contributed by atoms with Crippen LogP contribution in [0.1, 0.15) is 82.1 Å². The number of phenolic OH excluding ortho intramolecular Hbond substituents is 1. The van der Waals surface area contributed by atoms with E-state index in [-0.39, 0.29) is 24.7 Å². The smallest absolute Gasteiger partial charge is 0.306 e. The second kappa shape index (κ2) is 11.4. The van der Waals surface area contributed by atoms with Crippen molar-refractivity contribution in [1.82, 2.24) is 9.80 Å². The van der Waals surface area contributed by atoms with E-state index < -0.39 is 0 Å². The Morgan fingerprint density at radius 1 is 1.06 bits per heavy atom. The number of esters is 1. The molecular formula is C27H40N2O4. The normalized spacial score (nSPS) is 25.7. The van der Waals surface area contributed by atoms with Crippen molar-refractivity contribution in [1.29, 1.82) is 0 Å². The van der Waals surface area contributed by atoms with Gasteiger partial charge in [0, 0.05) is 38.1 Å². The molecule has 1 saturated carbocycles. The van der Waals surface area contributed by atoms with Crippen molar-refractivity contribution in [2.24, 2.45) is 5.92 Å². The number of phenols is 1. The van der Waals surface area contributed by atoms with Gasteiger partial charge in [0.05, 0.1) is 13.5 Å². The van der Waals surface area contributed by atoms with Gasteiger partial charge in [0.25, 0.3) is 0 Å². The van der Waals surface area contributed by atoms with Crippen molar-refractivity contribution in [3.63, 3.8) is 0 Å². The van der Waals surface area contributed by atoms with E-state index in [2.05, 4.69) is 11.0 Å². The molecule has 0 radical (unpaired) electrons. The van der Waals surface area contributed by atoms with Gasteiger partial charge in [-0.05, 0) is 68.1 Å². The van der Waals surface area contributed by atoms with Crippen LogP contribution in [0.4, 0.5) is 0 Å². The Balaban J connectivity index is 1.35. The van der Waals surface area contributed by atoms with Crippen molar-refractivity contribution in [2.75, 3.05) is 26.7 Å². The van der Waals surface area contributed by atoms with Crippen LogP contribution in [-0.2, 0) is 14.3 Å². The van der Waals surface area contributed by atoms with E-state index in [1.165, 1.54) is 57.6 Å². The number of ether oxygens (including phenoxy) is 1.